The van der Waals surface area contributed by atoms with E-state index in [2.05, 4.69) is 27.8 Å². The monoisotopic (exact) mass is 705 g/mol. The second kappa shape index (κ2) is 43.4. The summed E-state index contributed by atoms with van der Waals surface area (Å²) in [6, 6.07) is 0. The van der Waals surface area contributed by atoms with Gasteiger partial charge in [-0.3, -0.25) is 0 Å². The van der Waals surface area contributed by atoms with Gasteiger partial charge in [-0.05, 0) is 38.5 Å². The third-order valence-electron chi connectivity index (χ3n) is 12.2. The van der Waals surface area contributed by atoms with Crippen LogP contribution in [0.15, 0.2) is 0 Å². The van der Waals surface area contributed by atoms with Gasteiger partial charge < -0.3 is 4.48 Å². The Labute approximate surface area is 320 Å². The van der Waals surface area contributed by atoms with Crippen molar-refractivity contribution in [1.82, 2.24) is 0 Å². The molecule has 0 rings (SSSR count). The zero-order valence-corrected chi connectivity index (χ0v) is 36.3. The molecule has 0 bridgehead atoms. The molecule has 0 aliphatic heterocycles. The SMILES string of the molecule is CCCCCCCCCCCCCCCC[N+](C)(CCCCCCCCCCCCCCCC)CCCCCCCCCCCCCCCC. The zero-order chi connectivity index (χ0) is 36.3. The molecule has 0 N–H and O–H groups in total. The fraction of sp³-hybridized carbons (Fsp3) is 1.00. The highest BCUT2D eigenvalue weighted by Crippen LogP contribution is 2.19. The minimum atomic E-state index is 1.37. The zero-order valence-electron chi connectivity index (χ0n) is 36.3. The molecule has 1 nitrogen and oxygen atoms in total. The normalized spacial score (nSPS) is 12.0. The molecule has 0 aromatic carbocycles. The topological polar surface area (TPSA) is 0 Å². The maximum Gasteiger partial charge on any atom is 0.0784 e. The molecule has 0 aromatic rings. The molecule has 302 valence electrons. The molecule has 0 atom stereocenters. The van der Waals surface area contributed by atoms with Gasteiger partial charge >= 0.3 is 0 Å². The van der Waals surface area contributed by atoms with Gasteiger partial charge in [0.15, 0.2) is 0 Å². The minimum Gasteiger partial charge on any atom is -0.326 e. The van der Waals surface area contributed by atoms with E-state index in [0.717, 1.165) is 0 Å². The first-order valence-electron chi connectivity index (χ1n) is 24.5. The first-order chi connectivity index (χ1) is 24.7. The molecule has 0 saturated heterocycles. The average Bonchev–Trinajstić information content (AvgIpc) is 3.12. The summed E-state index contributed by atoms with van der Waals surface area (Å²) >= 11 is 0. The molecule has 0 amide bonds. The molecule has 0 unspecified atom stereocenters. The molecular formula is C49H102N+. The first-order valence-corrected chi connectivity index (χ1v) is 24.5. The largest absolute Gasteiger partial charge is 0.326 e. The van der Waals surface area contributed by atoms with E-state index in [1.54, 1.807) is 0 Å². The van der Waals surface area contributed by atoms with Gasteiger partial charge in [0.1, 0.15) is 0 Å². The summed E-state index contributed by atoms with van der Waals surface area (Å²) in [6.07, 6.45) is 61.7. The maximum atomic E-state index is 2.63. The van der Waals surface area contributed by atoms with E-state index < -0.39 is 0 Å². The molecule has 0 spiro atoms. The van der Waals surface area contributed by atoms with Crippen LogP contribution in [0.2, 0.25) is 0 Å². The van der Waals surface area contributed by atoms with Gasteiger partial charge in [-0.1, -0.05) is 252 Å². The summed E-state index contributed by atoms with van der Waals surface area (Å²) in [6.45, 7) is 11.3. The summed E-state index contributed by atoms with van der Waals surface area (Å²) < 4.78 is 1.37. The summed E-state index contributed by atoms with van der Waals surface area (Å²) in [4.78, 5) is 0. The highest BCUT2D eigenvalue weighted by molar-refractivity contribution is 4.54. The predicted molar refractivity (Wildman–Crippen MR) is 232 cm³/mol. The van der Waals surface area contributed by atoms with Crippen molar-refractivity contribution in [3.8, 4) is 0 Å². The van der Waals surface area contributed by atoms with Crippen molar-refractivity contribution in [2.75, 3.05) is 26.7 Å². The number of unbranched alkanes of at least 4 members (excludes halogenated alkanes) is 39. The van der Waals surface area contributed by atoms with E-state index in [-0.39, 0.29) is 0 Å². The molecule has 0 fully saturated rings. The van der Waals surface area contributed by atoms with Gasteiger partial charge in [-0.15, -0.1) is 0 Å². The lowest BCUT2D eigenvalue weighted by Gasteiger charge is -2.35. The Hall–Kier alpha value is -0.0400. The second-order valence-electron chi connectivity index (χ2n) is 17.6. The van der Waals surface area contributed by atoms with Crippen LogP contribution in [-0.4, -0.2) is 31.2 Å². The van der Waals surface area contributed by atoms with E-state index in [4.69, 9.17) is 0 Å². The van der Waals surface area contributed by atoms with Crippen LogP contribution in [0, 0.1) is 0 Å². The van der Waals surface area contributed by atoms with E-state index in [9.17, 15) is 0 Å². The minimum absolute atomic E-state index is 1.37. The third kappa shape index (κ3) is 40.7. The van der Waals surface area contributed by atoms with Crippen LogP contribution in [0.4, 0.5) is 0 Å². The molecule has 0 radical (unpaired) electrons. The van der Waals surface area contributed by atoms with Crippen LogP contribution in [0.3, 0.4) is 0 Å². The van der Waals surface area contributed by atoms with Crippen LogP contribution >= 0.6 is 0 Å². The summed E-state index contributed by atoms with van der Waals surface area (Å²) in [7, 11) is 2.63. The Morgan fingerprint density at radius 1 is 0.180 bits per heavy atom. The number of hydrogen-bond donors (Lipinski definition) is 0. The highest BCUT2D eigenvalue weighted by atomic mass is 15.3. The molecular weight excluding hydrogens is 603 g/mol. The number of hydrogen-bond acceptors (Lipinski definition) is 0. The van der Waals surface area contributed by atoms with Gasteiger partial charge in [-0.2, -0.15) is 0 Å². The molecule has 0 heterocycles. The smallest absolute Gasteiger partial charge is 0.0784 e. The first kappa shape index (κ1) is 50.0. The van der Waals surface area contributed by atoms with Crippen molar-refractivity contribution in [2.45, 2.75) is 290 Å². The standard InChI is InChI=1S/C49H102N/c1-5-8-11-14-17-20-23-26-29-32-35-38-41-44-47-50(4,48-45-42-39-36-33-30-27-24-21-18-15-12-9-6-2)49-46-43-40-37-34-31-28-25-22-19-16-13-10-7-3/h5-49H2,1-4H3/q+1. The van der Waals surface area contributed by atoms with E-state index >= 15 is 0 Å². The molecule has 1 heteroatoms. The van der Waals surface area contributed by atoms with Crippen LogP contribution in [0.5, 0.6) is 0 Å². The lowest BCUT2D eigenvalue weighted by molar-refractivity contribution is -0.910. The van der Waals surface area contributed by atoms with Crippen LogP contribution in [-0.2, 0) is 0 Å². The van der Waals surface area contributed by atoms with Gasteiger partial charge in [-0.25, -0.2) is 0 Å². The van der Waals surface area contributed by atoms with Gasteiger partial charge in [0.25, 0.3) is 0 Å². The Morgan fingerprint density at radius 2 is 0.300 bits per heavy atom. The molecule has 0 aliphatic rings. The van der Waals surface area contributed by atoms with Gasteiger partial charge in [0.2, 0.25) is 0 Å². The van der Waals surface area contributed by atoms with Crippen LogP contribution < -0.4 is 0 Å². The molecule has 0 aliphatic carbocycles. The third-order valence-corrected chi connectivity index (χ3v) is 12.2. The Bertz CT molecular complexity index is 505. The van der Waals surface area contributed by atoms with Gasteiger partial charge in [0.05, 0.1) is 26.7 Å². The number of rotatable bonds is 45. The summed E-state index contributed by atoms with van der Waals surface area (Å²) in [5.41, 5.74) is 0. The number of quaternary nitrogens is 1. The Kier molecular flexibility index (Phi) is 43.3. The number of nitrogens with zero attached hydrogens (tertiary/aromatic N) is 1. The van der Waals surface area contributed by atoms with Crippen molar-refractivity contribution in [3.05, 3.63) is 0 Å². The lowest BCUT2D eigenvalue weighted by atomic mass is 10.0. The van der Waals surface area contributed by atoms with Crippen molar-refractivity contribution in [1.29, 1.82) is 0 Å². The lowest BCUT2D eigenvalue weighted by Crippen LogP contribution is -2.46. The summed E-state index contributed by atoms with van der Waals surface area (Å²) in [5, 5.41) is 0. The van der Waals surface area contributed by atoms with Crippen LogP contribution in [0.1, 0.15) is 290 Å². The second-order valence-corrected chi connectivity index (χ2v) is 17.6. The Balaban J connectivity index is 4.07. The Morgan fingerprint density at radius 3 is 0.440 bits per heavy atom. The van der Waals surface area contributed by atoms with Crippen molar-refractivity contribution < 1.29 is 4.48 Å². The summed E-state index contributed by atoms with van der Waals surface area (Å²) in [5.74, 6) is 0. The van der Waals surface area contributed by atoms with E-state index in [0.29, 0.717) is 0 Å². The average molecular weight is 705 g/mol. The quantitative estimate of drug-likeness (QED) is 0.0437. The van der Waals surface area contributed by atoms with Crippen LogP contribution in [0.25, 0.3) is 0 Å². The fourth-order valence-corrected chi connectivity index (χ4v) is 8.40. The predicted octanol–water partition coefficient (Wildman–Crippen LogP) is 17.9. The van der Waals surface area contributed by atoms with Gasteiger partial charge in [0, 0.05) is 0 Å². The van der Waals surface area contributed by atoms with E-state index in [1.807, 2.05) is 0 Å². The van der Waals surface area contributed by atoms with E-state index in [1.165, 1.54) is 294 Å². The highest BCUT2D eigenvalue weighted by Gasteiger charge is 2.20. The maximum absolute atomic E-state index is 2.63. The van der Waals surface area contributed by atoms with Crippen molar-refractivity contribution in [2.24, 2.45) is 0 Å². The molecule has 0 aromatic heterocycles. The molecule has 50 heavy (non-hydrogen) atoms. The van der Waals surface area contributed by atoms with Crippen molar-refractivity contribution >= 4 is 0 Å². The fourth-order valence-electron chi connectivity index (χ4n) is 8.40. The molecule has 0 saturated carbocycles. The van der Waals surface area contributed by atoms with Crippen molar-refractivity contribution in [3.63, 3.8) is 0 Å².